The van der Waals surface area contributed by atoms with Crippen LogP contribution in [0.4, 0.5) is 22.7 Å². The topological polar surface area (TPSA) is 72.5 Å². The molecule has 0 aliphatic carbocycles. The third kappa shape index (κ3) is 7.77. The smallest absolute Gasteiger partial charge is 0.142 e. The average Bonchev–Trinajstić information content (AvgIpc) is 3.27. The standard InChI is InChI=1S/C50H38N4O2/c1-55-49-29-17-15-27-45(49)53(41-23-11-5-12-24-41)47(31-37-19-7-3-8-20-37)43-33-40(36-52)44(34-39(43)35-51)48(32-38-21-9-4-10-22-38)54(42-25-13-6-14-26-42)46-28-16-18-30-50(46)56-2/h3-34H,1-2H3. The van der Waals surface area contributed by atoms with Crippen LogP contribution in [0.1, 0.15) is 33.4 Å². The minimum absolute atomic E-state index is 0.379. The zero-order valence-electron chi connectivity index (χ0n) is 31.1. The van der Waals surface area contributed by atoms with Crippen molar-refractivity contribution in [3.05, 3.63) is 215 Å². The molecule has 270 valence electrons. The van der Waals surface area contributed by atoms with E-state index in [0.717, 1.165) is 33.9 Å². The number of methoxy groups -OCH3 is 2. The van der Waals surface area contributed by atoms with E-state index >= 15 is 0 Å². The Bertz CT molecular complexity index is 2390. The van der Waals surface area contributed by atoms with E-state index in [9.17, 15) is 10.5 Å². The van der Waals surface area contributed by atoms with Gasteiger partial charge in [-0.25, -0.2) is 0 Å². The molecule has 0 fully saturated rings. The van der Waals surface area contributed by atoms with Gasteiger partial charge in [0.25, 0.3) is 0 Å². The summed E-state index contributed by atoms with van der Waals surface area (Å²) in [5.41, 5.74) is 8.35. The Balaban J connectivity index is 1.55. The second kappa shape index (κ2) is 17.4. The van der Waals surface area contributed by atoms with Gasteiger partial charge in [0.2, 0.25) is 0 Å². The van der Waals surface area contributed by atoms with Gasteiger partial charge in [-0.1, -0.05) is 121 Å². The lowest BCUT2D eigenvalue weighted by Gasteiger charge is -2.32. The van der Waals surface area contributed by atoms with E-state index in [2.05, 4.69) is 21.9 Å². The molecule has 0 atom stereocenters. The van der Waals surface area contributed by atoms with E-state index in [1.807, 2.05) is 194 Å². The van der Waals surface area contributed by atoms with E-state index in [1.165, 1.54) is 0 Å². The molecular formula is C50H38N4O2. The van der Waals surface area contributed by atoms with Crippen molar-refractivity contribution in [1.82, 2.24) is 0 Å². The van der Waals surface area contributed by atoms with Crippen molar-refractivity contribution in [1.29, 1.82) is 10.5 Å². The normalized spacial score (nSPS) is 11.2. The molecule has 0 aliphatic heterocycles. The molecule has 0 N–H and O–H groups in total. The van der Waals surface area contributed by atoms with Crippen LogP contribution in [0.3, 0.4) is 0 Å². The molecule has 0 aliphatic rings. The molecule has 7 aromatic rings. The molecule has 0 heterocycles. The Morgan fingerprint density at radius 3 is 1.11 bits per heavy atom. The van der Waals surface area contributed by atoms with Gasteiger partial charge in [-0.3, -0.25) is 0 Å². The number of hydrogen-bond acceptors (Lipinski definition) is 6. The predicted molar refractivity (Wildman–Crippen MR) is 228 cm³/mol. The fourth-order valence-corrected chi connectivity index (χ4v) is 6.75. The van der Waals surface area contributed by atoms with Crippen LogP contribution in [0, 0.1) is 22.7 Å². The first-order valence-electron chi connectivity index (χ1n) is 18.1. The van der Waals surface area contributed by atoms with Crippen molar-refractivity contribution in [3.63, 3.8) is 0 Å². The highest BCUT2D eigenvalue weighted by molar-refractivity contribution is 6.02. The van der Waals surface area contributed by atoms with Gasteiger partial charge in [0.15, 0.2) is 0 Å². The van der Waals surface area contributed by atoms with Gasteiger partial charge in [-0.2, -0.15) is 10.5 Å². The molecule has 7 rings (SSSR count). The third-order valence-corrected chi connectivity index (χ3v) is 9.32. The number of nitrogens with zero attached hydrogens (tertiary/aromatic N) is 4. The van der Waals surface area contributed by atoms with E-state index < -0.39 is 0 Å². The Morgan fingerprint density at radius 1 is 0.446 bits per heavy atom. The fourth-order valence-electron chi connectivity index (χ4n) is 6.75. The van der Waals surface area contributed by atoms with Crippen LogP contribution in [0.15, 0.2) is 182 Å². The van der Waals surface area contributed by atoms with Crippen LogP contribution in [0.5, 0.6) is 11.5 Å². The summed E-state index contributed by atoms with van der Waals surface area (Å²) in [7, 11) is 3.29. The predicted octanol–water partition coefficient (Wildman–Crippen LogP) is 12.1. The van der Waals surface area contributed by atoms with Gasteiger partial charge in [0.05, 0.1) is 60.3 Å². The molecule has 0 amide bonds. The van der Waals surface area contributed by atoms with Gasteiger partial charge in [0, 0.05) is 22.5 Å². The zero-order chi connectivity index (χ0) is 38.7. The maximum Gasteiger partial charge on any atom is 0.142 e. The average molecular weight is 727 g/mol. The first-order valence-corrected chi connectivity index (χ1v) is 18.1. The number of benzene rings is 7. The van der Waals surface area contributed by atoms with Crippen LogP contribution in [0.25, 0.3) is 23.5 Å². The minimum Gasteiger partial charge on any atom is -0.495 e. The van der Waals surface area contributed by atoms with Gasteiger partial charge in [-0.15, -0.1) is 0 Å². The summed E-state index contributed by atoms with van der Waals surface area (Å²) in [4.78, 5) is 4.16. The SMILES string of the molecule is COc1ccccc1N(C(=Cc1ccccc1)c1cc(C#N)c(C(=Cc2ccccc2)N(c2ccccc2)c2ccccc2OC)cc1C#N)c1ccccc1. The van der Waals surface area contributed by atoms with Gasteiger partial charge in [0.1, 0.15) is 11.5 Å². The second-order valence-electron chi connectivity index (χ2n) is 12.7. The number of ether oxygens (including phenoxy) is 2. The van der Waals surface area contributed by atoms with Crippen molar-refractivity contribution in [2.75, 3.05) is 24.0 Å². The van der Waals surface area contributed by atoms with Crippen LogP contribution in [-0.2, 0) is 0 Å². The summed E-state index contributed by atoms with van der Waals surface area (Å²) < 4.78 is 11.8. The highest BCUT2D eigenvalue weighted by Crippen LogP contribution is 2.45. The van der Waals surface area contributed by atoms with Crippen LogP contribution < -0.4 is 19.3 Å². The summed E-state index contributed by atoms with van der Waals surface area (Å²) >= 11 is 0. The Morgan fingerprint density at radius 2 is 0.768 bits per heavy atom. The number of anilines is 4. The second-order valence-corrected chi connectivity index (χ2v) is 12.7. The molecule has 0 aromatic heterocycles. The molecule has 0 unspecified atom stereocenters. The van der Waals surface area contributed by atoms with E-state index in [0.29, 0.717) is 45.1 Å². The van der Waals surface area contributed by atoms with Crippen molar-refractivity contribution >= 4 is 46.3 Å². The van der Waals surface area contributed by atoms with Crippen molar-refractivity contribution in [2.45, 2.75) is 0 Å². The molecule has 6 nitrogen and oxygen atoms in total. The number of para-hydroxylation sites is 6. The first kappa shape index (κ1) is 36.6. The fraction of sp³-hybridized carbons (Fsp3) is 0.0400. The lowest BCUT2D eigenvalue weighted by atomic mass is 9.92. The molecule has 6 heteroatoms. The van der Waals surface area contributed by atoms with Gasteiger partial charge < -0.3 is 19.3 Å². The highest BCUT2D eigenvalue weighted by Gasteiger charge is 2.27. The summed E-state index contributed by atoms with van der Waals surface area (Å²) in [6, 6.07) is 64.1. The maximum atomic E-state index is 11.1. The summed E-state index contributed by atoms with van der Waals surface area (Å²) in [5, 5.41) is 22.2. The number of nitriles is 2. The summed E-state index contributed by atoms with van der Waals surface area (Å²) in [6.07, 6.45) is 4.09. The lowest BCUT2D eigenvalue weighted by molar-refractivity contribution is 0.416. The van der Waals surface area contributed by atoms with Crippen molar-refractivity contribution in [3.8, 4) is 23.6 Å². The molecular weight excluding hydrogens is 689 g/mol. The van der Waals surface area contributed by atoms with Gasteiger partial charge in [-0.05, 0) is 83.9 Å². The Hall–Kier alpha value is -7.80. The molecule has 0 bridgehead atoms. The lowest BCUT2D eigenvalue weighted by Crippen LogP contribution is -2.19. The van der Waals surface area contributed by atoms with E-state index in [1.54, 1.807) is 14.2 Å². The van der Waals surface area contributed by atoms with Crippen molar-refractivity contribution in [2.24, 2.45) is 0 Å². The molecule has 7 aromatic carbocycles. The van der Waals surface area contributed by atoms with Gasteiger partial charge >= 0.3 is 0 Å². The molecule has 0 saturated heterocycles. The molecule has 0 radical (unpaired) electrons. The molecule has 56 heavy (non-hydrogen) atoms. The van der Waals surface area contributed by atoms with Crippen molar-refractivity contribution < 1.29 is 9.47 Å². The maximum absolute atomic E-state index is 11.1. The van der Waals surface area contributed by atoms with Crippen LogP contribution >= 0.6 is 0 Å². The number of rotatable bonds is 12. The monoisotopic (exact) mass is 726 g/mol. The van der Waals surface area contributed by atoms with E-state index in [-0.39, 0.29) is 0 Å². The van der Waals surface area contributed by atoms with E-state index in [4.69, 9.17) is 9.47 Å². The van der Waals surface area contributed by atoms with Crippen LogP contribution in [-0.4, -0.2) is 14.2 Å². The zero-order valence-corrected chi connectivity index (χ0v) is 31.1. The number of hydrogen-bond donors (Lipinski definition) is 0. The third-order valence-electron chi connectivity index (χ3n) is 9.32. The quantitative estimate of drug-likeness (QED) is 0.117. The largest absolute Gasteiger partial charge is 0.495 e. The first-order chi connectivity index (χ1) is 27.6. The highest BCUT2D eigenvalue weighted by atomic mass is 16.5. The summed E-state index contributed by atoms with van der Waals surface area (Å²) in [5.74, 6) is 1.30. The minimum atomic E-state index is 0.379. The summed E-state index contributed by atoms with van der Waals surface area (Å²) in [6.45, 7) is 0. The molecule has 0 saturated carbocycles. The Labute approximate surface area is 328 Å². The Kier molecular flexibility index (Phi) is 11.3. The van der Waals surface area contributed by atoms with Crippen LogP contribution in [0.2, 0.25) is 0 Å². The molecule has 0 spiro atoms.